The lowest BCUT2D eigenvalue weighted by Crippen LogP contribution is -2.13. The van der Waals surface area contributed by atoms with Crippen molar-refractivity contribution in [2.24, 2.45) is 5.92 Å². The molecule has 8 heteroatoms. The predicted molar refractivity (Wildman–Crippen MR) is 115 cm³/mol. The Morgan fingerprint density at radius 3 is 2.73 bits per heavy atom. The smallest absolute Gasteiger partial charge is 0.265 e. The summed E-state index contributed by atoms with van der Waals surface area (Å²) in [5.41, 5.74) is 1.37. The van der Waals surface area contributed by atoms with E-state index in [4.69, 9.17) is 4.74 Å². The van der Waals surface area contributed by atoms with Crippen LogP contribution in [0.3, 0.4) is 0 Å². The number of benzene rings is 1. The maximum atomic E-state index is 12.2. The van der Waals surface area contributed by atoms with Crippen LogP contribution in [0.25, 0.3) is 5.65 Å². The van der Waals surface area contributed by atoms with E-state index in [-0.39, 0.29) is 17.7 Å². The van der Waals surface area contributed by atoms with Gasteiger partial charge in [0.1, 0.15) is 17.1 Å². The van der Waals surface area contributed by atoms with Crippen molar-refractivity contribution < 1.29 is 14.3 Å². The first kappa shape index (κ1) is 18.4. The highest BCUT2D eigenvalue weighted by molar-refractivity contribution is 7.12. The quantitative estimate of drug-likeness (QED) is 0.472. The van der Waals surface area contributed by atoms with E-state index in [9.17, 15) is 9.59 Å². The van der Waals surface area contributed by atoms with Crippen LogP contribution in [-0.4, -0.2) is 21.2 Å². The molecule has 0 radical (unpaired) electrons. The van der Waals surface area contributed by atoms with Crippen LogP contribution in [0, 0.1) is 5.92 Å². The molecule has 1 aromatic carbocycles. The van der Waals surface area contributed by atoms with Crippen molar-refractivity contribution in [3.05, 3.63) is 71.2 Å². The minimum absolute atomic E-state index is 0.0243. The molecule has 0 aliphatic heterocycles. The molecule has 1 aliphatic rings. The second-order valence-corrected chi connectivity index (χ2v) is 8.03. The molecule has 0 bridgehead atoms. The lowest BCUT2D eigenvalue weighted by molar-refractivity contribution is -0.117. The molecule has 1 saturated carbocycles. The molecule has 5 rings (SSSR count). The van der Waals surface area contributed by atoms with Crippen LogP contribution in [0.2, 0.25) is 0 Å². The molecule has 2 amide bonds. The maximum Gasteiger partial charge on any atom is 0.265 e. The summed E-state index contributed by atoms with van der Waals surface area (Å²) in [5.74, 6) is 1.74. The molecule has 1 fully saturated rings. The van der Waals surface area contributed by atoms with Gasteiger partial charge >= 0.3 is 0 Å². The van der Waals surface area contributed by atoms with Gasteiger partial charge in [0.25, 0.3) is 5.91 Å². The number of fused-ring (bicyclic) bond motifs is 1. The van der Waals surface area contributed by atoms with Gasteiger partial charge in [0.05, 0.1) is 17.3 Å². The van der Waals surface area contributed by atoms with E-state index >= 15 is 0 Å². The third-order valence-electron chi connectivity index (χ3n) is 4.70. The molecule has 0 spiro atoms. The number of hydrogen-bond donors (Lipinski definition) is 2. The highest BCUT2D eigenvalue weighted by Gasteiger charge is 2.30. The number of pyridine rings is 1. The Balaban J connectivity index is 1.30. The molecule has 0 saturated heterocycles. The third kappa shape index (κ3) is 4.04. The largest absolute Gasteiger partial charge is 0.456 e. The van der Waals surface area contributed by atoms with E-state index < -0.39 is 0 Å². The number of imidazole rings is 1. The van der Waals surface area contributed by atoms with Crippen LogP contribution in [0.1, 0.15) is 22.5 Å². The Morgan fingerprint density at radius 2 is 1.93 bits per heavy atom. The number of anilines is 2. The van der Waals surface area contributed by atoms with Gasteiger partial charge in [0.15, 0.2) is 5.82 Å². The number of thiophene rings is 1. The highest BCUT2D eigenvalue weighted by Crippen LogP contribution is 2.30. The van der Waals surface area contributed by atoms with Gasteiger partial charge in [0, 0.05) is 17.7 Å². The van der Waals surface area contributed by atoms with Crippen molar-refractivity contribution in [1.82, 2.24) is 9.38 Å². The Kier molecular flexibility index (Phi) is 4.68. The molecule has 2 N–H and O–H groups in total. The molecule has 3 heterocycles. The van der Waals surface area contributed by atoms with Crippen molar-refractivity contribution in [2.75, 3.05) is 10.6 Å². The minimum Gasteiger partial charge on any atom is -0.456 e. The normalized spacial score (nSPS) is 13.2. The van der Waals surface area contributed by atoms with Gasteiger partial charge < -0.3 is 19.8 Å². The first-order valence-electron chi connectivity index (χ1n) is 9.56. The standard InChI is InChI=1S/C22H18N4O3S/c27-21(14-6-7-14)25-19-13-26-12-17(8-9-20(26)24-19)29-16-4-1-3-15(11-16)23-22(28)18-5-2-10-30-18/h1-5,8-14H,6-7H2,(H,23,28)(H,25,27). The summed E-state index contributed by atoms with van der Waals surface area (Å²) in [5, 5.41) is 7.59. The zero-order valence-electron chi connectivity index (χ0n) is 15.9. The summed E-state index contributed by atoms with van der Waals surface area (Å²) < 4.78 is 7.76. The second kappa shape index (κ2) is 7.64. The fourth-order valence-corrected chi connectivity index (χ4v) is 3.66. The second-order valence-electron chi connectivity index (χ2n) is 7.08. The maximum absolute atomic E-state index is 12.2. The zero-order chi connectivity index (χ0) is 20.5. The van der Waals surface area contributed by atoms with E-state index in [1.54, 1.807) is 28.9 Å². The van der Waals surface area contributed by atoms with Crippen LogP contribution in [-0.2, 0) is 4.79 Å². The Labute approximate surface area is 176 Å². The van der Waals surface area contributed by atoms with Crippen LogP contribution < -0.4 is 15.4 Å². The van der Waals surface area contributed by atoms with Crippen LogP contribution in [0.4, 0.5) is 11.5 Å². The number of ether oxygens (including phenoxy) is 1. The van der Waals surface area contributed by atoms with Crippen LogP contribution >= 0.6 is 11.3 Å². The van der Waals surface area contributed by atoms with Gasteiger partial charge in [-0.1, -0.05) is 12.1 Å². The summed E-state index contributed by atoms with van der Waals surface area (Å²) in [6, 6.07) is 14.5. The average Bonchev–Trinajstić information content (AvgIpc) is 3.29. The van der Waals surface area contributed by atoms with E-state index in [2.05, 4.69) is 15.6 Å². The molecule has 1 aliphatic carbocycles. The van der Waals surface area contributed by atoms with Crippen molar-refractivity contribution >= 4 is 40.3 Å². The fraction of sp³-hybridized carbons (Fsp3) is 0.136. The van der Waals surface area contributed by atoms with Gasteiger partial charge in [-0.2, -0.15) is 0 Å². The van der Waals surface area contributed by atoms with Crippen molar-refractivity contribution in [3.63, 3.8) is 0 Å². The average molecular weight is 418 g/mol. The van der Waals surface area contributed by atoms with E-state index in [0.29, 0.717) is 33.5 Å². The minimum atomic E-state index is -0.150. The van der Waals surface area contributed by atoms with Crippen LogP contribution in [0.5, 0.6) is 11.5 Å². The number of aromatic nitrogens is 2. The summed E-state index contributed by atoms with van der Waals surface area (Å²) >= 11 is 1.39. The molecule has 150 valence electrons. The first-order chi connectivity index (χ1) is 14.6. The number of nitrogens with zero attached hydrogens (tertiary/aromatic N) is 2. The van der Waals surface area contributed by atoms with E-state index in [0.717, 1.165) is 12.8 Å². The third-order valence-corrected chi connectivity index (χ3v) is 5.56. The topological polar surface area (TPSA) is 84.7 Å². The monoisotopic (exact) mass is 418 g/mol. The lowest BCUT2D eigenvalue weighted by Gasteiger charge is -2.09. The van der Waals surface area contributed by atoms with Gasteiger partial charge in [0.2, 0.25) is 5.91 Å². The molecular formula is C22H18N4O3S. The van der Waals surface area contributed by atoms with E-state index in [1.807, 2.05) is 41.8 Å². The molecule has 3 aromatic heterocycles. The Hall–Kier alpha value is -3.65. The molecule has 4 aromatic rings. The van der Waals surface area contributed by atoms with Gasteiger partial charge in [-0.05, 0) is 48.6 Å². The van der Waals surface area contributed by atoms with Crippen molar-refractivity contribution in [1.29, 1.82) is 0 Å². The fourth-order valence-electron chi connectivity index (χ4n) is 3.04. The molecular weight excluding hydrogens is 400 g/mol. The van der Waals surface area contributed by atoms with Crippen LogP contribution in [0.15, 0.2) is 66.3 Å². The summed E-state index contributed by atoms with van der Waals surface area (Å²) in [7, 11) is 0. The lowest BCUT2D eigenvalue weighted by atomic mass is 10.3. The number of amides is 2. The highest BCUT2D eigenvalue weighted by atomic mass is 32.1. The SMILES string of the molecule is O=C(Nc1cccc(Oc2ccc3nc(NC(=O)C4CC4)cn3c2)c1)c1cccs1. The van der Waals surface area contributed by atoms with Crippen molar-refractivity contribution in [2.45, 2.75) is 12.8 Å². The molecule has 0 unspecified atom stereocenters. The van der Waals surface area contributed by atoms with Gasteiger partial charge in [-0.15, -0.1) is 11.3 Å². The number of carbonyl (C=O) groups is 2. The number of hydrogen-bond acceptors (Lipinski definition) is 5. The summed E-state index contributed by atoms with van der Waals surface area (Å²) in [6.45, 7) is 0. The molecule has 30 heavy (non-hydrogen) atoms. The molecule has 7 nitrogen and oxygen atoms in total. The first-order valence-corrected chi connectivity index (χ1v) is 10.4. The predicted octanol–water partition coefficient (Wildman–Crippen LogP) is 4.79. The Morgan fingerprint density at radius 1 is 1.03 bits per heavy atom. The number of nitrogens with one attached hydrogen (secondary N) is 2. The number of rotatable bonds is 6. The van der Waals surface area contributed by atoms with Gasteiger partial charge in [-0.25, -0.2) is 4.98 Å². The Bertz CT molecular complexity index is 1230. The summed E-state index contributed by atoms with van der Waals surface area (Å²) in [6.07, 6.45) is 5.46. The number of carbonyl (C=O) groups excluding carboxylic acids is 2. The van der Waals surface area contributed by atoms with Gasteiger partial charge in [-0.3, -0.25) is 9.59 Å². The zero-order valence-corrected chi connectivity index (χ0v) is 16.7. The van der Waals surface area contributed by atoms with E-state index in [1.165, 1.54) is 11.3 Å². The molecule has 0 atom stereocenters. The summed E-state index contributed by atoms with van der Waals surface area (Å²) in [4.78, 5) is 29.2. The van der Waals surface area contributed by atoms with Crippen molar-refractivity contribution in [3.8, 4) is 11.5 Å².